The summed E-state index contributed by atoms with van der Waals surface area (Å²) in [4.78, 5) is 23.3. The molecule has 1 saturated heterocycles. The molecule has 5 nitrogen and oxygen atoms in total. The fourth-order valence-electron chi connectivity index (χ4n) is 3.12. The van der Waals surface area contributed by atoms with Crippen LogP contribution in [0.4, 0.5) is 11.5 Å². The van der Waals surface area contributed by atoms with Crippen molar-refractivity contribution < 1.29 is 4.79 Å². The third-order valence-electron chi connectivity index (χ3n) is 4.36. The zero-order chi connectivity index (χ0) is 16.9. The number of carbonyl (C=O) groups is 1. The van der Waals surface area contributed by atoms with Crippen LogP contribution in [-0.4, -0.2) is 28.5 Å². The number of nitrogens with zero attached hydrogens (tertiary/aromatic N) is 3. The summed E-state index contributed by atoms with van der Waals surface area (Å²) in [5, 5.41) is 2.88. The molecule has 0 spiro atoms. The minimum absolute atomic E-state index is 0.221. The van der Waals surface area contributed by atoms with E-state index in [0.717, 1.165) is 28.9 Å². The zero-order valence-electron chi connectivity index (χ0n) is 13.7. The Kier molecular flexibility index (Phi) is 5.45. The van der Waals surface area contributed by atoms with Crippen molar-refractivity contribution in [1.29, 1.82) is 0 Å². The average Bonchev–Trinajstić information content (AvgIpc) is 2.62. The van der Waals surface area contributed by atoms with Gasteiger partial charge >= 0.3 is 0 Å². The van der Waals surface area contributed by atoms with Crippen LogP contribution in [0.1, 0.15) is 43.1 Å². The first-order valence-electron chi connectivity index (χ1n) is 8.33. The summed E-state index contributed by atoms with van der Waals surface area (Å²) < 4.78 is 0.919. The van der Waals surface area contributed by atoms with Crippen molar-refractivity contribution in [1.82, 2.24) is 9.97 Å². The van der Waals surface area contributed by atoms with Gasteiger partial charge in [-0.05, 0) is 43.9 Å². The monoisotopic (exact) mass is 388 g/mol. The Hall–Kier alpha value is -1.95. The number of rotatable bonds is 4. The summed E-state index contributed by atoms with van der Waals surface area (Å²) in [6.45, 7) is 3.19. The summed E-state index contributed by atoms with van der Waals surface area (Å²) in [6, 6.07) is 9.79. The molecule has 2 heterocycles. The number of anilines is 2. The molecule has 126 valence electrons. The van der Waals surface area contributed by atoms with Gasteiger partial charge in [-0.3, -0.25) is 4.79 Å². The predicted molar refractivity (Wildman–Crippen MR) is 99.4 cm³/mol. The number of amides is 1. The Balaban J connectivity index is 1.78. The molecule has 1 aromatic heterocycles. The van der Waals surface area contributed by atoms with E-state index in [0.29, 0.717) is 11.7 Å². The molecule has 1 unspecified atom stereocenters. The molecule has 0 bridgehead atoms. The molecular formula is C18H21BrN4O. The number of aromatic nitrogens is 2. The summed E-state index contributed by atoms with van der Waals surface area (Å²) in [5.41, 5.74) is 1.12. The molecule has 0 saturated carbocycles. The summed E-state index contributed by atoms with van der Waals surface area (Å²) in [7, 11) is 0. The van der Waals surface area contributed by atoms with Crippen LogP contribution in [0.25, 0.3) is 0 Å². The maximum absolute atomic E-state index is 12.5. The van der Waals surface area contributed by atoms with Gasteiger partial charge in [0, 0.05) is 28.8 Å². The van der Waals surface area contributed by atoms with E-state index < -0.39 is 0 Å². The van der Waals surface area contributed by atoms with Crippen LogP contribution in [0.15, 0.2) is 41.1 Å². The number of piperidine rings is 1. The molecule has 1 amide bonds. The van der Waals surface area contributed by atoms with E-state index in [2.05, 4.69) is 43.0 Å². The maximum Gasteiger partial charge on any atom is 0.274 e. The molecule has 1 fully saturated rings. The number of hydrogen-bond acceptors (Lipinski definition) is 4. The van der Waals surface area contributed by atoms with Gasteiger partial charge in [-0.15, -0.1) is 0 Å². The van der Waals surface area contributed by atoms with E-state index in [1.807, 2.05) is 24.3 Å². The van der Waals surface area contributed by atoms with Gasteiger partial charge in [-0.2, -0.15) is 0 Å². The van der Waals surface area contributed by atoms with Crippen molar-refractivity contribution in [2.24, 2.45) is 0 Å². The second kappa shape index (κ2) is 7.75. The standard InChI is InChI=1S/C18H21BrN4O/c1-2-15-8-3-4-9-23(15)17-11-16(20-12-21-17)18(24)22-14-7-5-6-13(19)10-14/h5-7,10-12,15H,2-4,8-9H2,1H3,(H,22,24). The molecule has 3 rings (SSSR count). The van der Waals surface area contributed by atoms with Gasteiger partial charge in [0.2, 0.25) is 0 Å². The topological polar surface area (TPSA) is 58.1 Å². The van der Waals surface area contributed by atoms with Gasteiger partial charge in [0.05, 0.1) is 0 Å². The van der Waals surface area contributed by atoms with Crippen LogP contribution in [0.5, 0.6) is 0 Å². The van der Waals surface area contributed by atoms with E-state index in [-0.39, 0.29) is 5.91 Å². The van der Waals surface area contributed by atoms with Crippen molar-refractivity contribution in [3.05, 3.63) is 46.8 Å². The van der Waals surface area contributed by atoms with Crippen molar-refractivity contribution in [3.8, 4) is 0 Å². The molecule has 1 atom stereocenters. The first kappa shape index (κ1) is 16.9. The SMILES string of the molecule is CCC1CCCCN1c1cc(C(=O)Nc2cccc(Br)c2)ncn1. The third kappa shape index (κ3) is 3.93. The lowest BCUT2D eigenvalue weighted by atomic mass is 10.00. The lowest BCUT2D eigenvalue weighted by Crippen LogP contribution is -2.39. The summed E-state index contributed by atoms with van der Waals surface area (Å²) in [6.07, 6.45) is 6.17. The number of benzene rings is 1. The van der Waals surface area contributed by atoms with Crippen LogP contribution in [0.3, 0.4) is 0 Å². The third-order valence-corrected chi connectivity index (χ3v) is 4.85. The average molecular weight is 389 g/mol. The fourth-order valence-corrected chi connectivity index (χ4v) is 3.52. The van der Waals surface area contributed by atoms with Crippen molar-refractivity contribution in [2.75, 3.05) is 16.8 Å². The normalized spacial score (nSPS) is 17.6. The van der Waals surface area contributed by atoms with Gasteiger partial charge in [0.15, 0.2) is 0 Å². The summed E-state index contributed by atoms with van der Waals surface area (Å²) in [5.74, 6) is 0.623. The van der Waals surface area contributed by atoms with Crippen molar-refractivity contribution in [3.63, 3.8) is 0 Å². The first-order chi connectivity index (χ1) is 11.7. The molecule has 1 aliphatic rings. The van der Waals surface area contributed by atoms with Crippen LogP contribution in [-0.2, 0) is 0 Å². The van der Waals surface area contributed by atoms with Crippen LogP contribution >= 0.6 is 15.9 Å². The Morgan fingerprint density at radius 2 is 2.21 bits per heavy atom. The Labute approximate surface area is 150 Å². The highest BCUT2D eigenvalue weighted by Crippen LogP contribution is 2.25. The summed E-state index contributed by atoms with van der Waals surface area (Å²) >= 11 is 3.40. The highest BCUT2D eigenvalue weighted by Gasteiger charge is 2.23. The molecular weight excluding hydrogens is 368 g/mol. The second-order valence-corrected chi connectivity index (χ2v) is 6.89. The first-order valence-corrected chi connectivity index (χ1v) is 9.12. The Morgan fingerprint density at radius 1 is 1.33 bits per heavy atom. The number of halogens is 1. The second-order valence-electron chi connectivity index (χ2n) is 5.98. The number of nitrogens with one attached hydrogen (secondary N) is 1. The zero-order valence-corrected chi connectivity index (χ0v) is 15.3. The van der Waals surface area contributed by atoms with E-state index >= 15 is 0 Å². The van der Waals surface area contributed by atoms with Crippen molar-refractivity contribution >= 4 is 33.3 Å². The highest BCUT2D eigenvalue weighted by molar-refractivity contribution is 9.10. The van der Waals surface area contributed by atoms with E-state index in [9.17, 15) is 4.79 Å². The van der Waals surface area contributed by atoms with Crippen LogP contribution < -0.4 is 10.2 Å². The maximum atomic E-state index is 12.5. The smallest absolute Gasteiger partial charge is 0.274 e. The Bertz CT molecular complexity index is 722. The minimum Gasteiger partial charge on any atom is -0.354 e. The van der Waals surface area contributed by atoms with Gasteiger partial charge in [-0.1, -0.05) is 28.9 Å². The molecule has 1 N–H and O–H groups in total. The van der Waals surface area contributed by atoms with Crippen LogP contribution in [0, 0.1) is 0 Å². The fraction of sp³-hybridized carbons (Fsp3) is 0.389. The van der Waals surface area contributed by atoms with Gasteiger partial charge in [0.1, 0.15) is 17.8 Å². The van der Waals surface area contributed by atoms with Gasteiger partial charge in [-0.25, -0.2) is 9.97 Å². The van der Waals surface area contributed by atoms with Gasteiger partial charge < -0.3 is 10.2 Å². The molecule has 6 heteroatoms. The molecule has 24 heavy (non-hydrogen) atoms. The van der Waals surface area contributed by atoms with E-state index in [1.54, 1.807) is 6.07 Å². The Morgan fingerprint density at radius 3 is 3.00 bits per heavy atom. The largest absolute Gasteiger partial charge is 0.354 e. The molecule has 0 aliphatic carbocycles. The minimum atomic E-state index is -0.221. The lowest BCUT2D eigenvalue weighted by molar-refractivity contribution is 0.102. The number of hydrogen-bond donors (Lipinski definition) is 1. The van der Waals surface area contributed by atoms with Gasteiger partial charge in [0.25, 0.3) is 5.91 Å². The molecule has 1 aromatic carbocycles. The lowest BCUT2D eigenvalue weighted by Gasteiger charge is -2.36. The van der Waals surface area contributed by atoms with E-state index in [1.165, 1.54) is 25.6 Å². The highest BCUT2D eigenvalue weighted by atomic mass is 79.9. The molecule has 2 aromatic rings. The number of carbonyl (C=O) groups excluding carboxylic acids is 1. The predicted octanol–water partition coefficient (Wildman–Crippen LogP) is 4.26. The van der Waals surface area contributed by atoms with E-state index in [4.69, 9.17) is 0 Å². The van der Waals surface area contributed by atoms with Crippen LogP contribution in [0.2, 0.25) is 0 Å². The van der Waals surface area contributed by atoms with Crippen molar-refractivity contribution in [2.45, 2.75) is 38.6 Å². The molecule has 0 radical (unpaired) electrons. The molecule has 1 aliphatic heterocycles. The quantitative estimate of drug-likeness (QED) is 0.849.